The number of nitrogens with one attached hydrogen (secondary N) is 1. The summed E-state index contributed by atoms with van der Waals surface area (Å²) in [5.74, 6) is 0. The molecule has 0 aromatic heterocycles. The van der Waals surface area contributed by atoms with E-state index >= 15 is 0 Å². The fourth-order valence-corrected chi connectivity index (χ4v) is 2.33. The van der Waals surface area contributed by atoms with Crippen molar-refractivity contribution in [3.63, 3.8) is 0 Å². The van der Waals surface area contributed by atoms with Crippen molar-refractivity contribution in [3.05, 3.63) is 0 Å². The molecule has 1 aliphatic heterocycles. The molecule has 0 saturated carbocycles. The quantitative estimate of drug-likeness (QED) is 0.777. The van der Waals surface area contributed by atoms with E-state index in [-0.39, 0.29) is 5.54 Å². The van der Waals surface area contributed by atoms with E-state index in [2.05, 4.69) is 44.8 Å². The van der Waals surface area contributed by atoms with Gasteiger partial charge in [0.2, 0.25) is 0 Å². The molecule has 3 nitrogen and oxygen atoms in total. The normalized spacial score (nSPS) is 33.9. The molecule has 1 saturated heterocycles. The van der Waals surface area contributed by atoms with Crippen LogP contribution in [0.2, 0.25) is 0 Å². The first kappa shape index (κ1) is 13.9. The lowest BCUT2D eigenvalue weighted by molar-refractivity contribution is 0.0108. The number of ether oxygens (including phenoxy) is 1. The Morgan fingerprint density at radius 3 is 2.75 bits per heavy atom. The minimum absolute atomic E-state index is 0.276. The fraction of sp³-hybridized carbons (Fsp3) is 1.00. The Hall–Kier alpha value is -0.120. The Bertz CT molecular complexity index is 210. The third kappa shape index (κ3) is 3.72. The van der Waals surface area contributed by atoms with E-state index in [4.69, 9.17) is 4.74 Å². The summed E-state index contributed by atoms with van der Waals surface area (Å²) in [6.45, 7) is 15.2. The van der Waals surface area contributed by atoms with E-state index in [1.54, 1.807) is 0 Å². The van der Waals surface area contributed by atoms with Gasteiger partial charge in [0.05, 0.1) is 6.10 Å². The fourth-order valence-electron chi connectivity index (χ4n) is 2.33. The summed E-state index contributed by atoms with van der Waals surface area (Å²) in [7, 11) is 0. The second-order valence-corrected chi connectivity index (χ2v) is 5.34. The average molecular weight is 228 g/mol. The molecule has 1 fully saturated rings. The third-order valence-electron chi connectivity index (χ3n) is 3.72. The summed E-state index contributed by atoms with van der Waals surface area (Å²) in [6, 6.07) is 0.613. The summed E-state index contributed by atoms with van der Waals surface area (Å²) in [5.41, 5.74) is 0.276. The maximum atomic E-state index is 5.63. The maximum Gasteiger partial charge on any atom is 0.0673 e. The van der Waals surface area contributed by atoms with Crippen molar-refractivity contribution in [2.45, 2.75) is 58.7 Å². The number of hydrogen-bond acceptors (Lipinski definition) is 3. The minimum Gasteiger partial charge on any atom is -0.377 e. The third-order valence-corrected chi connectivity index (χ3v) is 3.72. The van der Waals surface area contributed by atoms with E-state index in [1.807, 2.05) is 0 Å². The zero-order chi connectivity index (χ0) is 12.2. The van der Waals surface area contributed by atoms with Gasteiger partial charge < -0.3 is 10.1 Å². The molecule has 0 spiro atoms. The van der Waals surface area contributed by atoms with Crippen molar-refractivity contribution < 1.29 is 4.74 Å². The van der Waals surface area contributed by atoms with Crippen molar-refractivity contribution in [1.82, 2.24) is 10.2 Å². The molecule has 0 amide bonds. The summed E-state index contributed by atoms with van der Waals surface area (Å²) >= 11 is 0. The lowest BCUT2D eigenvalue weighted by Gasteiger charge is -2.45. The van der Waals surface area contributed by atoms with E-state index in [0.717, 1.165) is 26.2 Å². The molecule has 3 atom stereocenters. The predicted molar refractivity (Wildman–Crippen MR) is 68.8 cm³/mol. The first-order valence-corrected chi connectivity index (χ1v) is 6.61. The Morgan fingerprint density at radius 1 is 1.50 bits per heavy atom. The van der Waals surface area contributed by atoms with Crippen molar-refractivity contribution in [1.29, 1.82) is 0 Å². The van der Waals surface area contributed by atoms with Gasteiger partial charge in [-0.15, -0.1) is 0 Å². The van der Waals surface area contributed by atoms with Gasteiger partial charge in [0, 0.05) is 37.8 Å². The SMILES string of the molecule is CCOC(C)CN1CC(C)(CC)NCC1C. The van der Waals surface area contributed by atoms with Gasteiger partial charge in [-0.1, -0.05) is 6.92 Å². The van der Waals surface area contributed by atoms with Crippen molar-refractivity contribution in [2.24, 2.45) is 0 Å². The van der Waals surface area contributed by atoms with Crippen LogP contribution in [0.25, 0.3) is 0 Å². The molecule has 1 N–H and O–H groups in total. The zero-order valence-electron chi connectivity index (χ0n) is 11.5. The molecule has 0 aromatic carbocycles. The summed E-state index contributed by atoms with van der Waals surface area (Å²) in [4.78, 5) is 2.56. The van der Waals surface area contributed by atoms with Gasteiger partial charge in [-0.2, -0.15) is 0 Å². The number of hydrogen-bond donors (Lipinski definition) is 1. The van der Waals surface area contributed by atoms with Crippen molar-refractivity contribution in [3.8, 4) is 0 Å². The molecule has 0 radical (unpaired) electrons. The second-order valence-electron chi connectivity index (χ2n) is 5.34. The molecular weight excluding hydrogens is 200 g/mol. The van der Waals surface area contributed by atoms with E-state index in [0.29, 0.717) is 12.1 Å². The van der Waals surface area contributed by atoms with Gasteiger partial charge in [-0.3, -0.25) is 4.90 Å². The monoisotopic (exact) mass is 228 g/mol. The predicted octanol–water partition coefficient (Wildman–Crippen LogP) is 1.87. The highest BCUT2D eigenvalue weighted by Gasteiger charge is 2.32. The highest BCUT2D eigenvalue weighted by atomic mass is 16.5. The molecule has 3 unspecified atom stereocenters. The van der Waals surface area contributed by atoms with Crippen LogP contribution in [0.4, 0.5) is 0 Å². The zero-order valence-corrected chi connectivity index (χ0v) is 11.5. The van der Waals surface area contributed by atoms with Crippen LogP contribution in [-0.4, -0.2) is 48.8 Å². The van der Waals surface area contributed by atoms with Crippen LogP contribution in [0.15, 0.2) is 0 Å². The number of rotatable bonds is 5. The molecule has 0 bridgehead atoms. The Morgan fingerprint density at radius 2 is 2.19 bits per heavy atom. The van der Waals surface area contributed by atoms with E-state index in [9.17, 15) is 0 Å². The smallest absolute Gasteiger partial charge is 0.0673 e. The van der Waals surface area contributed by atoms with Crippen LogP contribution in [0.1, 0.15) is 41.0 Å². The average Bonchev–Trinajstić information content (AvgIpc) is 2.24. The van der Waals surface area contributed by atoms with Crippen molar-refractivity contribution in [2.75, 3.05) is 26.2 Å². The first-order chi connectivity index (χ1) is 7.50. The molecular formula is C13H28N2O. The summed E-state index contributed by atoms with van der Waals surface area (Å²) < 4.78 is 5.63. The Labute approximate surface area is 101 Å². The highest BCUT2D eigenvalue weighted by Crippen LogP contribution is 2.19. The number of piperazine rings is 1. The van der Waals surface area contributed by atoms with Gasteiger partial charge in [-0.25, -0.2) is 0 Å². The summed E-state index contributed by atoms with van der Waals surface area (Å²) in [5, 5.41) is 3.65. The maximum absolute atomic E-state index is 5.63. The largest absolute Gasteiger partial charge is 0.377 e. The van der Waals surface area contributed by atoms with Gasteiger partial charge in [-0.05, 0) is 34.1 Å². The van der Waals surface area contributed by atoms with Crippen molar-refractivity contribution >= 4 is 0 Å². The number of nitrogens with zero attached hydrogens (tertiary/aromatic N) is 1. The van der Waals surface area contributed by atoms with Crippen LogP contribution in [0.3, 0.4) is 0 Å². The van der Waals surface area contributed by atoms with Crippen LogP contribution in [0.5, 0.6) is 0 Å². The van der Waals surface area contributed by atoms with E-state index in [1.165, 1.54) is 6.42 Å². The van der Waals surface area contributed by atoms with Gasteiger partial charge in [0.1, 0.15) is 0 Å². The topological polar surface area (TPSA) is 24.5 Å². The Balaban J connectivity index is 2.49. The molecule has 1 rings (SSSR count). The standard InChI is InChI=1S/C13H28N2O/c1-6-13(5)10-15(11(3)8-14-13)9-12(4)16-7-2/h11-12,14H,6-10H2,1-5H3. The molecule has 16 heavy (non-hydrogen) atoms. The molecule has 1 heterocycles. The molecule has 3 heteroatoms. The van der Waals surface area contributed by atoms with Gasteiger partial charge in [0.15, 0.2) is 0 Å². The molecule has 0 aliphatic carbocycles. The van der Waals surface area contributed by atoms with Gasteiger partial charge in [0.25, 0.3) is 0 Å². The second kappa shape index (κ2) is 5.99. The Kier molecular flexibility index (Phi) is 5.22. The minimum atomic E-state index is 0.276. The summed E-state index contributed by atoms with van der Waals surface area (Å²) in [6.07, 6.45) is 1.52. The van der Waals surface area contributed by atoms with Crippen LogP contribution in [-0.2, 0) is 4.74 Å². The van der Waals surface area contributed by atoms with Crippen LogP contribution < -0.4 is 5.32 Å². The van der Waals surface area contributed by atoms with Crippen LogP contribution in [0, 0.1) is 0 Å². The highest BCUT2D eigenvalue weighted by molar-refractivity contribution is 4.93. The lowest BCUT2D eigenvalue weighted by Crippen LogP contribution is -2.62. The lowest BCUT2D eigenvalue weighted by atomic mass is 9.93. The van der Waals surface area contributed by atoms with Crippen LogP contribution >= 0.6 is 0 Å². The molecule has 1 aliphatic rings. The van der Waals surface area contributed by atoms with Gasteiger partial charge >= 0.3 is 0 Å². The molecule has 0 aromatic rings. The van der Waals surface area contributed by atoms with E-state index < -0.39 is 0 Å². The first-order valence-electron chi connectivity index (χ1n) is 6.61. The molecule has 96 valence electrons.